The molecule has 2 N–H and O–H groups in total. The number of piperidine rings is 1. The lowest BCUT2D eigenvalue weighted by Crippen LogP contribution is -2.51. The number of piperazine rings is 1. The van der Waals surface area contributed by atoms with E-state index in [1.807, 2.05) is 11.9 Å². The van der Waals surface area contributed by atoms with E-state index in [0.717, 1.165) is 26.2 Å². The molecule has 0 aromatic carbocycles. The molecule has 2 saturated heterocycles. The maximum absolute atomic E-state index is 12.3. The van der Waals surface area contributed by atoms with Gasteiger partial charge in [-0.2, -0.15) is 12.7 Å². The number of hydrogen-bond acceptors (Lipinski definition) is 4. The van der Waals surface area contributed by atoms with Crippen molar-refractivity contribution < 1.29 is 13.2 Å². The Morgan fingerprint density at radius 1 is 1.05 bits per heavy atom. The third-order valence-electron chi connectivity index (χ3n) is 3.98. The second-order valence-corrected chi connectivity index (χ2v) is 6.89. The van der Waals surface area contributed by atoms with Gasteiger partial charge in [0.25, 0.3) is 10.2 Å². The first-order valence-electron chi connectivity index (χ1n) is 6.63. The average Bonchev–Trinajstić information content (AvgIpc) is 2.38. The Morgan fingerprint density at radius 3 is 2.05 bits per heavy atom. The van der Waals surface area contributed by atoms with Crippen LogP contribution in [0, 0.1) is 5.92 Å². The van der Waals surface area contributed by atoms with Crippen LogP contribution in [-0.2, 0) is 15.0 Å². The molecule has 0 aliphatic carbocycles. The lowest BCUT2D eigenvalue weighted by atomic mass is 9.96. The second-order valence-electron chi connectivity index (χ2n) is 5.35. The van der Waals surface area contributed by atoms with E-state index >= 15 is 0 Å². The maximum atomic E-state index is 12.3. The van der Waals surface area contributed by atoms with Gasteiger partial charge in [-0.1, -0.05) is 0 Å². The van der Waals surface area contributed by atoms with Crippen LogP contribution in [0.25, 0.3) is 0 Å². The number of nitrogens with two attached hydrogens (primary N) is 1. The van der Waals surface area contributed by atoms with E-state index < -0.39 is 10.2 Å². The molecule has 0 unspecified atom stereocenters. The van der Waals surface area contributed by atoms with Crippen LogP contribution in [0.15, 0.2) is 0 Å². The molecule has 2 aliphatic heterocycles. The van der Waals surface area contributed by atoms with Crippen molar-refractivity contribution in [1.29, 1.82) is 0 Å². The number of likely N-dealkylation sites (N-methyl/N-ethyl adjacent to an activating group) is 1. The predicted octanol–water partition coefficient (Wildman–Crippen LogP) is -1.32. The summed E-state index contributed by atoms with van der Waals surface area (Å²) in [5.41, 5.74) is 0. The van der Waals surface area contributed by atoms with Crippen molar-refractivity contribution in [1.82, 2.24) is 14.1 Å². The fourth-order valence-corrected chi connectivity index (χ4v) is 3.36. The molecule has 2 fully saturated rings. The van der Waals surface area contributed by atoms with Gasteiger partial charge in [0.15, 0.2) is 0 Å². The molecule has 19 heavy (non-hydrogen) atoms. The van der Waals surface area contributed by atoms with E-state index in [-0.39, 0.29) is 11.8 Å². The van der Waals surface area contributed by atoms with Crippen LogP contribution in [-0.4, -0.2) is 74.7 Å². The number of carbonyl (C=O) groups excluding carboxylic acids is 1. The summed E-state index contributed by atoms with van der Waals surface area (Å²) in [7, 11) is -1.56. The molecule has 1 amide bonds. The molecule has 8 heteroatoms. The fourth-order valence-electron chi connectivity index (χ4n) is 2.64. The van der Waals surface area contributed by atoms with Gasteiger partial charge in [0.1, 0.15) is 0 Å². The summed E-state index contributed by atoms with van der Waals surface area (Å²) < 4.78 is 23.7. The Kier molecular flexibility index (Phi) is 4.44. The van der Waals surface area contributed by atoms with Crippen molar-refractivity contribution in [2.75, 3.05) is 46.3 Å². The van der Waals surface area contributed by atoms with E-state index in [1.165, 1.54) is 4.31 Å². The minimum absolute atomic E-state index is 0.0543. The molecule has 0 saturated carbocycles. The van der Waals surface area contributed by atoms with E-state index in [4.69, 9.17) is 5.14 Å². The van der Waals surface area contributed by atoms with Crippen LogP contribution in [0.2, 0.25) is 0 Å². The van der Waals surface area contributed by atoms with Crippen LogP contribution < -0.4 is 5.14 Å². The molecule has 0 spiro atoms. The third-order valence-corrected chi connectivity index (χ3v) is 5.06. The van der Waals surface area contributed by atoms with Crippen molar-refractivity contribution >= 4 is 16.1 Å². The molecule has 110 valence electrons. The van der Waals surface area contributed by atoms with E-state index in [2.05, 4.69) is 4.90 Å². The van der Waals surface area contributed by atoms with Gasteiger partial charge < -0.3 is 9.80 Å². The predicted molar refractivity (Wildman–Crippen MR) is 71.5 cm³/mol. The highest BCUT2D eigenvalue weighted by Gasteiger charge is 2.32. The van der Waals surface area contributed by atoms with E-state index in [9.17, 15) is 13.2 Å². The normalized spacial score (nSPS) is 24.6. The summed E-state index contributed by atoms with van der Waals surface area (Å²) >= 11 is 0. The first kappa shape index (κ1) is 14.7. The molecule has 0 aromatic heterocycles. The zero-order valence-electron chi connectivity index (χ0n) is 11.3. The number of nitrogens with zero attached hydrogens (tertiary/aromatic N) is 3. The zero-order valence-corrected chi connectivity index (χ0v) is 12.1. The molecular weight excluding hydrogens is 268 g/mol. The molecule has 2 rings (SSSR count). The average molecular weight is 290 g/mol. The van der Waals surface area contributed by atoms with Gasteiger partial charge in [-0.05, 0) is 19.9 Å². The minimum atomic E-state index is -3.61. The minimum Gasteiger partial charge on any atom is -0.340 e. The Hall–Kier alpha value is -0.700. The van der Waals surface area contributed by atoms with Crippen molar-refractivity contribution in [2.24, 2.45) is 11.1 Å². The topological polar surface area (TPSA) is 86.9 Å². The van der Waals surface area contributed by atoms with Gasteiger partial charge in [-0.15, -0.1) is 0 Å². The highest BCUT2D eigenvalue weighted by molar-refractivity contribution is 7.86. The maximum Gasteiger partial charge on any atom is 0.276 e. The van der Waals surface area contributed by atoms with Crippen molar-refractivity contribution in [3.63, 3.8) is 0 Å². The van der Waals surface area contributed by atoms with Gasteiger partial charge in [-0.3, -0.25) is 4.79 Å². The molecule has 0 aromatic rings. The van der Waals surface area contributed by atoms with E-state index in [0.29, 0.717) is 25.9 Å². The van der Waals surface area contributed by atoms with Gasteiger partial charge in [0.2, 0.25) is 5.91 Å². The van der Waals surface area contributed by atoms with Gasteiger partial charge in [-0.25, -0.2) is 5.14 Å². The van der Waals surface area contributed by atoms with Crippen LogP contribution in [0.1, 0.15) is 12.8 Å². The van der Waals surface area contributed by atoms with Gasteiger partial charge in [0, 0.05) is 45.2 Å². The number of rotatable bonds is 2. The largest absolute Gasteiger partial charge is 0.340 e. The van der Waals surface area contributed by atoms with Gasteiger partial charge in [0.05, 0.1) is 0 Å². The number of amides is 1. The smallest absolute Gasteiger partial charge is 0.276 e. The lowest BCUT2D eigenvalue weighted by Gasteiger charge is -2.36. The highest BCUT2D eigenvalue weighted by atomic mass is 32.2. The molecule has 2 aliphatic rings. The first-order valence-corrected chi connectivity index (χ1v) is 8.13. The molecule has 7 nitrogen and oxygen atoms in total. The second kappa shape index (κ2) is 5.74. The lowest BCUT2D eigenvalue weighted by molar-refractivity contribution is -0.138. The van der Waals surface area contributed by atoms with Crippen LogP contribution in [0.3, 0.4) is 0 Å². The summed E-state index contributed by atoms with van der Waals surface area (Å²) in [5.74, 6) is 0.114. The number of carbonyl (C=O) groups is 1. The number of hydrogen-bond donors (Lipinski definition) is 1. The standard InChI is InChI=1S/C11H22N4O3S/c1-13-6-8-14(9-7-13)11(16)10-2-4-15(5-3-10)19(12,17)18/h10H,2-9H2,1H3,(H2,12,17,18). The van der Waals surface area contributed by atoms with Crippen LogP contribution in [0.5, 0.6) is 0 Å². The fraction of sp³-hybridized carbons (Fsp3) is 0.909. The van der Waals surface area contributed by atoms with Crippen molar-refractivity contribution in [2.45, 2.75) is 12.8 Å². The molecule has 2 heterocycles. The Morgan fingerprint density at radius 2 is 1.58 bits per heavy atom. The zero-order chi connectivity index (χ0) is 14.0. The SMILES string of the molecule is CN1CCN(C(=O)C2CCN(S(N)(=O)=O)CC2)CC1. The highest BCUT2D eigenvalue weighted by Crippen LogP contribution is 2.21. The Bertz CT molecular complexity index is 423. The quantitative estimate of drug-likeness (QED) is 0.683. The Balaban J connectivity index is 1.86. The Labute approximate surface area is 114 Å². The van der Waals surface area contributed by atoms with Crippen LogP contribution in [0.4, 0.5) is 0 Å². The van der Waals surface area contributed by atoms with Crippen molar-refractivity contribution in [3.8, 4) is 0 Å². The molecule has 0 radical (unpaired) electrons. The third kappa shape index (κ3) is 3.65. The monoisotopic (exact) mass is 290 g/mol. The molecular formula is C11H22N4O3S. The summed E-state index contributed by atoms with van der Waals surface area (Å²) in [6, 6.07) is 0. The summed E-state index contributed by atoms with van der Waals surface area (Å²) in [5, 5.41) is 5.09. The molecule has 0 bridgehead atoms. The van der Waals surface area contributed by atoms with Crippen LogP contribution >= 0.6 is 0 Å². The molecule has 0 atom stereocenters. The summed E-state index contributed by atoms with van der Waals surface area (Å²) in [6.45, 7) is 4.05. The van der Waals surface area contributed by atoms with Crippen molar-refractivity contribution in [3.05, 3.63) is 0 Å². The summed E-state index contributed by atoms with van der Waals surface area (Å²) in [6.07, 6.45) is 1.14. The van der Waals surface area contributed by atoms with E-state index in [1.54, 1.807) is 0 Å². The summed E-state index contributed by atoms with van der Waals surface area (Å²) in [4.78, 5) is 16.4. The first-order chi connectivity index (χ1) is 8.88. The van der Waals surface area contributed by atoms with Gasteiger partial charge >= 0.3 is 0 Å².